The van der Waals surface area contributed by atoms with Gasteiger partial charge in [0, 0.05) is 18.0 Å². The topological polar surface area (TPSA) is 124 Å². The Kier molecular flexibility index (Phi) is 6.40. The first kappa shape index (κ1) is 26.1. The Balaban J connectivity index is 1.84. The van der Waals surface area contributed by atoms with E-state index in [4.69, 9.17) is 10.9 Å². The average Bonchev–Trinajstić information content (AvgIpc) is 3.50. The van der Waals surface area contributed by atoms with E-state index < -0.39 is 50.9 Å². The Labute approximate surface area is 205 Å². The number of aryl methyl sites for hydroxylation is 1. The third kappa shape index (κ3) is 4.47. The van der Waals surface area contributed by atoms with Crippen LogP contribution >= 0.6 is 0 Å². The molecular formula is C24H25F4N3O4S. The summed E-state index contributed by atoms with van der Waals surface area (Å²) in [7, 11) is -4.13. The van der Waals surface area contributed by atoms with Gasteiger partial charge in [0.25, 0.3) is 5.91 Å². The number of alkyl halides is 3. The van der Waals surface area contributed by atoms with Crippen LogP contribution in [0.1, 0.15) is 58.6 Å². The van der Waals surface area contributed by atoms with E-state index in [0.717, 1.165) is 18.2 Å². The van der Waals surface area contributed by atoms with E-state index >= 15 is 4.39 Å². The van der Waals surface area contributed by atoms with Crippen LogP contribution in [0, 0.1) is 18.7 Å². The molecular weight excluding hydrogens is 502 g/mol. The van der Waals surface area contributed by atoms with Crippen molar-refractivity contribution < 1.29 is 35.6 Å². The Bertz CT molecular complexity index is 1340. The predicted molar refractivity (Wildman–Crippen MR) is 122 cm³/mol. The number of nitrogens with two attached hydrogens (primary N) is 2. The van der Waals surface area contributed by atoms with E-state index in [-0.39, 0.29) is 34.9 Å². The molecule has 194 valence electrons. The van der Waals surface area contributed by atoms with Gasteiger partial charge < -0.3 is 10.6 Å². The van der Waals surface area contributed by atoms with Gasteiger partial charge in [0.15, 0.2) is 0 Å². The van der Waals surface area contributed by atoms with Crippen molar-refractivity contribution in [2.45, 2.75) is 55.1 Å². The zero-order valence-corrected chi connectivity index (χ0v) is 20.1. The summed E-state index contributed by atoms with van der Waals surface area (Å²) in [4.78, 5) is 27.8. The maximum Gasteiger partial charge on any atom is 0.416 e. The van der Waals surface area contributed by atoms with Crippen molar-refractivity contribution in [2.24, 2.45) is 16.8 Å². The summed E-state index contributed by atoms with van der Waals surface area (Å²) in [5, 5.41) is 5.21. The van der Waals surface area contributed by atoms with Crippen molar-refractivity contribution in [2.75, 3.05) is 6.54 Å². The van der Waals surface area contributed by atoms with Crippen molar-refractivity contribution >= 4 is 21.8 Å². The SMILES string of the molecule is Cc1ccc(S(N)(=O)=O)cc1C(=O)N1CCC[C@@]1(C(N)=O)[C@@H](c1ccc(C(F)(F)F)cc1F)C1CC1. The molecule has 2 aromatic rings. The second-order valence-corrected chi connectivity index (χ2v) is 11.0. The monoisotopic (exact) mass is 527 g/mol. The van der Waals surface area contributed by atoms with Crippen LogP contribution in [0.5, 0.6) is 0 Å². The molecule has 0 aromatic heterocycles. The lowest BCUT2D eigenvalue weighted by Gasteiger charge is -2.43. The molecule has 4 N–H and O–H groups in total. The highest BCUT2D eigenvalue weighted by atomic mass is 32.2. The second-order valence-electron chi connectivity index (χ2n) is 9.42. The van der Waals surface area contributed by atoms with Crippen molar-refractivity contribution in [3.05, 3.63) is 64.5 Å². The number of carbonyl (C=O) groups is 2. The van der Waals surface area contributed by atoms with Gasteiger partial charge in [0.2, 0.25) is 15.9 Å². The van der Waals surface area contributed by atoms with E-state index in [1.54, 1.807) is 6.92 Å². The molecule has 1 saturated heterocycles. The van der Waals surface area contributed by atoms with Crippen LogP contribution in [0.3, 0.4) is 0 Å². The smallest absolute Gasteiger partial charge is 0.368 e. The lowest BCUT2D eigenvalue weighted by atomic mass is 9.73. The molecule has 2 aliphatic rings. The van der Waals surface area contributed by atoms with Crippen molar-refractivity contribution in [1.82, 2.24) is 4.90 Å². The highest BCUT2D eigenvalue weighted by Gasteiger charge is 2.59. The molecule has 1 aliphatic heterocycles. The van der Waals surface area contributed by atoms with E-state index in [0.29, 0.717) is 30.9 Å². The third-order valence-corrected chi connectivity index (χ3v) is 8.04. The number of benzene rings is 2. The summed E-state index contributed by atoms with van der Waals surface area (Å²) < 4.78 is 78.3. The molecule has 2 atom stereocenters. The molecule has 1 aliphatic carbocycles. The maximum absolute atomic E-state index is 15.2. The number of sulfonamides is 1. The van der Waals surface area contributed by atoms with Crippen LogP contribution in [-0.4, -0.2) is 37.2 Å². The van der Waals surface area contributed by atoms with Crippen LogP contribution in [0.15, 0.2) is 41.3 Å². The van der Waals surface area contributed by atoms with Crippen molar-refractivity contribution in [1.29, 1.82) is 0 Å². The Morgan fingerprint density at radius 2 is 1.81 bits per heavy atom. The normalized spacial score (nSPS) is 21.4. The van der Waals surface area contributed by atoms with Gasteiger partial charge in [-0.15, -0.1) is 0 Å². The summed E-state index contributed by atoms with van der Waals surface area (Å²) in [6.07, 6.45) is -3.15. The lowest BCUT2D eigenvalue weighted by molar-refractivity contribution is -0.138. The van der Waals surface area contributed by atoms with Crippen molar-refractivity contribution in [3.63, 3.8) is 0 Å². The Morgan fingerprint density at radius 3 is 2.33 bits per heavy atom. The molecule has 7 nitrogen and oxygen atoms in total. The number of primary sulfonamides is 1. The quantitative estimate of drug-likeness (QED) is 0.559. The number of hydrogen-bond donors (Lipinski definition) is 2. The largest absolute Gasteiger partial charge is 0.416 e. The number of halogens is 4. The molecule has 4 rings (SSSR count). The van der Waals surface area contributed by atoms with Gasteiger partial charge in [0.05, 0.1) is 10.5 Å². The van der Waals surface area contributed by atoms with Crippen molar-refractivity contribution in [3.8, 4) is 0 Å². The first-order chi connectivity index (χ1) is 16.7. The number of amides is 2. The molecule has 0 radical (unpaired) electrons. The number of rotatable bonds is 6. The van der Waals surface area contributed by atoms with Crippen LogP contribution in [0.25, 0.3) is 0 Å². The van der Waals surface area contributed by atoms with Gasteiger partial charge in [-0.2, -0.15) is 13.2 Å². The zero-order valence-electron chi connectivity index (χ0n) is 19.3. The molecule has 0 bridgehead atoms. The fourth-order valence-electron chi connectivity index (χ4n) is 5.30. The molecule has 0 spiro atoms. The van der Waals surface area contributed by atoms with E-state index in [1.807, 2.05) is 0 Å². The second kappa shape index (κ2) is 8.84. The first-order valence-electron chi connectivity index (χ1n) is 11.3. The summed E-state index contributed by atoms with van der Waals surface area (Å²) in [6, 6.07) is 5.92. The van der Waals surface area contributed by atoms with Gasteiger partial charge in [-0.05, 0) is 73.9 Å². The lowest BCUT2D eigenvalue weighted by Crippen LogP contribution is -2.60. The Morgan fingerprint density at radius 1 is 1.14 bits per heavy atom. The molecule has 12 heteroatoms. The van der Waals surface area contributed by atoms with Crippen LogP contribution in [0.2, 0.25) is 0 Å². The zero-order chi connectivity index (χ0) is 26.6. The van der Waals surface area contributed by atoms with Gasteiger partial charge in [-0.3, -0.25) is 9.59 Å². The van der Waals surface area contributed by atoms with Crippen LogP contribution in [-0.2, 0) is 21.0 Å². The molecule has 36 heavy (non-hydrogen) atoms. The molecule has 2 aromatic carbocycles. The summed E-state index contributed by atoms with van der Waals surface area (Å²) >= 11 is 0. The standard InChI is InChI=1S/C24H25F4N3O4S/c1-13-3-7-16(36(30,34)35)12-18(13)21(32)31-10-2-9-23(31,22(29)33)20(14-4-5-14)17-8-6-15(11-19(17)25)24(26,27)28/h3,6-8,11-12,14,20H,2,4-5,9-10H2,1H3,(H2,29,33)(H2,30,34,35)/t20-,23+/m1/s1. The summed E-state index contributed by atoms with van der Waals surface area (Å²) in [5.41, 5.74) is 3.30. The highest BCUT2D eigenvalue weighted by molar-refractivity contribution is 7.89. The third-order valence-electron chi connectivity index (χ3n) is 7.13. The average molecular weight is 528 g/mol. The minimum atomic E-state index is -4.75. The fraction of sp³-hybridized carbons (Fsp3) is 0.417. The number of primary amides is 1. The van der Waals surface area contributed by atoms with E-state index in [9.17, 15) is 31.2 Å². The predicted octanol–water partition coefficient (Wildman–Crippen LogP) is 3.45. The van der Waals surface area contributed by atoms with E-state index in [1.165, 1.54) is 17.0 Å². The van der Waals surface area contributed by atoms with E-state index in [2.05, 4.69) is 0 Å². The maximum atomic E-state index is 15.2. The number of likely N-dealkylation sites (tertiary alicyclic amines) is 1. The first-order valence-corrected chi connectivity index (χ1v) is 12.8. The van der Waals surface area contributed by atoms with Gasteiger partial charge in [0.1, 0.15) is 11.4 Å². The Hall–Kier alpha value is -2.99. The number of hydrogen-bond acceptors (Lipinski definition) is 4. The molecule has 1 saturated carbocycles. The molecule has 1 heterocycles. The molecule has 2 fully saturated rings. The fourth-order valence-corrected chi connectivity index (χ4v) is 5.84. The highest BCUT2D eigenvalue weighted by Crippen LogP contribution is 2.54. The molecule has 0 unspecified atom stereocenters. The number of carbonyl (C=O) groups excluding carboxylic acids is 2. The summed E-state index contributed by atoms with van der Waals surface area (Å²) in [5.74, 6) is -3.95. The van der Waals surface area contributed by atoms with Gasteiger partial charge >= 0.3 is 6.18 Å². The summed E-state index contributed by atoms with van der Waals surface area (Å²) in [6.45, 7) is 1.66. The minimum absolute atomic E-state index is 0.0171. The minimum Gasteiger partial charge on any atom is -0.368 e. The van der Waals surface area contributed by atoms with Crippen LogP contribution < -0.4 is 10.9 Å². The van der Waals surface area contributed by atoms with Gasteiger partial charge in [-0.1, -0.05) is 12.1 Å². The van der Waals surface area contributed by atoms with Gasteiger partial charge in [-0.25, -0.2) is 17.9 Å². The number of nitrogens with zero attached hydrogens (tertiary/aromatic N) is 1. The molecule has 2 amide bonds. The van der Waals surface area contributed by atoms with Crippen LogP contribution in [0.4, 0.5) is 17.6 Å².